The second-order valence-electron chi connectivity index (χ2n) is 10.4. The summed E-state index contributed by atoms with van der Waals surface area (Å²) in [6.45, 7) is 0.541. The first kappa shape index (κ1) is 23.5. The number of hydrogen-bond acceptors (Lipinski definition) is 2. The molecule has 3 nitrogen and oxygen atoms in total. The Morgan fingerprint density at radius 1 is 0.512 bits per heavy atom. The lowest BCUT2D eigenvalue weighted by molar-refractivity contribution is 0.265. The van der Waals surface area contributed by atoms with E-state index in [1.54, 1.807) is 0 Å². The number of hydrogen-bond donors (Lipinski definition) is 0. The fourth-order valence-corrected chi connectivity index (χ4v) is 5.99. The molecule has 0 saturated heterocycles. The van der Waals surface area contributed by atoms with E-state index in [0.717, 1.165) is 27.8 Å². The van der Waals surface area contributed by atoms with Crippen LogP contribution >= 0.6 is 0 Å². The fourth-order valence-electron chi connectivity index (χ4n) is 5.99. The van der Waals surface area contributed by atoms with E-state index in [0.29, 0.717) is 12.6 Å². The largest absolute Gasteiger partial charge is 0.459 e. The third kappa shape index (κ3) is 4.02. The minimum Gasteiger partial charge on any atom is -0.459 e. The maximum Gasteiger partial charge on any atom is 0.302 e. The van der Waals surface area contributed by atoms with Gasteiger partial charge in [0.2, 0.25) is 0 Å². The predicted molar refractivity (Wildman–Crippen MR) is 167 cm³/mol. The van der Waals surface area contributed by atoms with Gasteiger partial charge in [0.05, 0.1) is 16.7 Å². The van der Waals surface area contributed by atoms with E-state index < -0.39 is 0 Å². The number of rotatable bonds is 4. The molecule has 41 heavy (non-hydrogen) atoms. The molecule has 0 spiro atoms. The van der Waals surface area contributed by atoms with Crippen molar-refractivity contribution in [2.45, 2.75) is 6.61 Å². The smallest absolute Gasteiger partial charge is 0.302 e. The summed E-state index contributed by atoms with van der Waals surface area (Å²) < 4.78 is 8.14. The first-order valence-corrected chi connectivity index (χ1v) is 13.9. The molecule has 7 aromatic rings. The highest BCUT2D eigenvalue weighted by molar-refractivity contribution is 5.96. The minimum atomic E-state index is 0.541. The highest BCUT2D eigenvalue weighted by atomic mass is 16.5. The van der Waals surface area contributed by atoms with Crippen LogP contribution in [0.15, 0.2) is 146 Å². The van der Waals surface area contributed by atoms with Gasteiger partial charge in [-0.15, -0.1) is 0 Å². The Balaban J connectivity index is 1.28. The maximum absolute atomic E-state index is 6.02. The molecular formula is C38H26N2O. The third-order valence-electron chi connectivity index (χ3n) is 7.93. The van der Waals surface area contributed by atoms with Gasteiger partial charge in [0.1, 0.15) is 6.61 Å². The van der Waals surface area contributed by atoms with Crippen molar-refractivity contribution in [2.24, 2.45) is 0 Å². The summed E-state index contributed by atoms with van der Waals surface area (Å²) in [6, 6.07) is 52.3. The van der Waals surface area contributed by atoms with E-state index in [1.165, 1.54) is 38.9 Å². The number of nitrogens with zero attached hydrogens (tertiary/aromatic N) is 2. The van der Waals surface area contributed by atoms with Crippen molar-refractivity contribution < 1.29 is 4.74 Å². The number of aromatic nitrogens is 2. The monoisotopic (exact) mass is 526 g/mol. The zero-order valence-corrected chi connectivity index (χ0v) is 22.4. The SMILES string of the molecule is c1ccc(-c2cccc(-c3ccccc3)c2-c2cccc(-c3ccc4c(c3)nc3n4-c4ccccc4CO3)c2)cc1. The van der Waals surface area contributed by atoms with Gasteiger partial charge in [-0.1, -0.05) is 121 Å². The molecule has 0 radical (unpaired) electrons. The Labute approximate surface area is 239 Å². The molecule has 0 bridgehead atoms. The second-order valence-corrected chi connectivity index (χ2v) is 10.4. The Kier molecular flexibility index (Phi) is 5.53. The Morgan fingerprint density at radius 2 is 1.12 bits per heavy atom. The van der Waals surface area contributed by atoms with Crippen LogP contribution in [0.25, 0.3) is 61.2 Å². The molecule has 0 saturated carbocycles. The third-order valence-corrected chi connectivity index (χ3v) is 7.93. The van der Waals surface area contributed by atoms with Gasteiger partial charge in [-0.2, -0.15) is 4.98 Å². The lowest BCUT2D eigenvalue weighted by atomic mass is 9.86. The van der Waals surface area contributed by atoms with Crippen LogP contribution in [0.5, 0.6) is 6.01 Å². The maximum atomic E-state index is 6.02. The van der Waals surface area contributed by atoms with E-state index in [2.05, 4.69) is 150 Å². The van der Waals surface area contributed by atoms with E-state index in [1.807, 2.05) is 0 Å². The van der Waals surface area contributed by atoms with Gasteiger partial charge in [-0.05, 0) is 68.8 Å². The zero-order valence-electron chi connectivity index (χ0n) is 22.4. The van der Waals surface area contributed by atoms with Crippen molar-refractivity contribution in [3.63, 3.8) is 0 Å². The molecule has 0 amide bonds. The van der Waals surface area contributed by atoms with E-state index in [4.69, 9.17) is 9.72 Å². The quantitative estimate of drug-likeness (QED) is 0.228. The molecule has 0 fully saturated rings. The molecule has 1 aromatic heterocycles. The minimum absolute atomic E-state index is 0.541. The molecule has 194 valence electrons. The van der Waals surface area contributed by atoms with Gasteiger partial charge in [-0.3, -0.25) is 4.57 Å². The lowest BCUT2D eigenvalue weighted by Gasteiger charge is -2.19. The van der Waals surface area contributed by atoms with Crippen LogP contribution in [0.1, 0.15) is 5.56 Å². The van der Waals surface area contributed by atoms with Gasteiger partial charge >= 0.3 is 6.01 Å². The van der Waals surface area contributed by atoms with E-state index >= 15 is 0 Å². The van der Waals surface area contributed by atoms with E-state index in [9.17, 15) is 0 Å². The summed E-state index contributed by atoms with van der Waals surface area (Å²) in [5, 5.41) is 0. The first-order valence-electron chi connectivity index (χ1n) is 13.9. The standard InChI is InChI=1S/C38H26N2O/c1-3-11-26(12-4-1)32-18-10-19-33(27-13-5-2-6-14-27)37(32)30-17-9-16-28(23-30)29-21-22-36-34(24-29)39-38-40(36)35-20-8-7-15-31(35)25-41-38/h1-24H,25H2. The Morgan fingerprint density at radius 3 is 1.88 bits per heavy atom. The number of imidazole rings is 1. The molecule has 0 N–H and O–H groups in total. The molecule has 0 atom stereocenters. The van der Waals surface area contributed by atoms with Crippen LogP contribution in [-0.4, -0.2) is 9.55 Å². The van der Waals surface area contributed by atoms with Crippen LogP contribution in [0, 0.1) is 0 Å². The summed E-state index contributed by atoms with van der Waals surface area (Å²) in [4.78, 5) is 4.87. The summed E-state index contributed by atoms with van der Waals surface area (Å²) in [5.74, 6) is 0. The van der Waals surface area contributed by atoms with Gasteiger partial charge in [0.15, 0.2) is 0 Å². The number of benzene rings is 6. The first-order chi connectivity index (χ1) is 20.3. The average Bonchev–Trinajstić information content (AvgIpc) is 3.44. The zero-order chi connectivity index (χ0) is 27.2. The van der Waals surface area contributed by atoms with Gasteiger partial charge < -0.3 is 4.74 Å². The Bertz CT molecular complexity index is 1980. The van der Waals surface area contributed by atoms with E-state index in [-0.39, 0.29) is 0 Å². The van der Waals surface area contributed by atoms with Crippen molar-refractivity contribution in [1.29, 1.82) is 0 Å². The molecular weight excluding hydrogens is 500 g/mol. The van der Waals surface area contributed by atoms with Gasteiger partial charge in [0, 0.05) is 5.56 Å². The topological polar surface area (TPSA) is 27.1 Å². The van der Waals surface area contributed by atoms with Crippen LogP contribution in [0.3, 0.4) is 0 Å². The van der Waals surface area contributed by atoms with Gasteiger partial charge in [0.25, 0.3) is 0 Å². The van der Waals surface area contributed by atoms with Crippen molar-refractivity contribution in [3.8, 4) is 56.2 Å². The predicted octanol–water partition coefficient (Wildman–Crippen LogP) is 9.59. The fraction of sp³-hybridized carbons (Fsp3) is 0.0263. The molecule has 0 aliphatic carbocycles. The molecule has 2 heterocycles. The summed E-state index contributed by atoms with van der Waals surface area (Å²) in [6.07, 6.45) is 0. The summed E-state index contributed by atoms with van der Waals surface area (Å²) >= 11 is 0. The average molecular weight is 527 g/mol. The molecule has 6 aromatic carbocycles. The van der Waals surface area contributed by atoms with Crippen molar-refractivity contribution in [2.75, 3.05) is 0 Å². The highest BCUT2D eigenvalue weighted by Gasteiger charge is 2.21. The van der Waals surface area contributed by atoms with Gasteiger partial charge in [-0.25, -0.2) is 0 Å². The number of para-hydroxylation sites is 1. The van der Waals surface area contributed by atoms with Crippen LogP contribution < -0.4 is 4.74 Å². The number of ether oxygens (including phenoxy) is 1. The second kappa shape index (κ2) is 9.65. The lowest BCUT2D eigenvalue weighted by Crippen LogP contribution is -2.11. The normalized spacial score (nSPS) is 12.0. The molecule has 1 aliphatic heterocycles. The Hall–Kier alpha value is -5.41. The van der Waals surface area contributed by atoms with Crippen molar-refractivity contribution >= 4 is 11.0 Å². The van der Waals surface area contributed by atoms with Crippen LogP contribution in [0.4, 0.5) is 0 Å². The van der Waals surface area contributed by atoms with Crippen LogP contribution in [-0.2, 0) is 6.61 Å². The number of fused-ring (bicyclic) bond motifs is 5. The molecule has 0 unspecified atom stereocenters. The summed E-state index contributed by atoms with van der Waals surface area (Å²) in [5.41, 5.74) is 13.8. The highest BCUT2D eigenvalue weighted by Crippen LogP contribution is 2.41. The van der Waals surface area contributed by atoms with Crippen molar-refractivity contribution in [3.05, 3.63) is 151 Å². The van der Waals surface area contributed by atoms with Crippen LogP contribution in [0.2, 0.25) is 0 Å². The van der Waals surface area contributed by atoms with Crippen molar-refractivity contribution in [1.82, 2.24) is 9.55 Å². The molecule has 3 heteroatoms. The summed E-state index contributed by atoms with van der Waals surface area (Å²) in [7, 11) is 0. The molecule has 8 rings (SSSR count). The molecule has 1 aliphatic rings.